The van der Waals surface area contributed by atoms with Crippen molar-refractivity contribution < 1.29 is 9.90 Å². The van der Waals surface area contributed by atoms with Crippen molar-refractivity contribution in [2.75, 3.05) is 11.1 Å². The molecule has 1 aromatic heterocycles. The summed E-state index contributed by atoms with van der Waals surface area (Å²) in [6, 6.07) is 5.84. The smallest absolute Gasteiger partial charge is 0.234 e. The first-order chi connectivity index (χ1) is 11.2. The fraction of sp³-hybridized carbons (Fsp3) is 0.471. The van der Waals surface area contributed by atoms with Crippen LogP contribution in [0.15, 0.2) is 23.4 Å². The van der Waals surface area contributed by atoms with E-state index in [0.29, 0.717) is 17.5 Å². The quantitative estimate of drug-likeness (QED) is 0.785. The van der Waals surface area contributed by atoms with Crippen molar-refractivity contribution in [2.45, 2.75) is 51.9 Å². The highest BCUT2D eigenvalue weighted by Crippen LogP contribution is 2.24. The predicted molar refractivity (Wildman–Crippen MR) is 96.2 cm³/mol. The summed E-state index contributed by atoms with van der Waals surface area (Å²) < 4.78 is 1.83. The lowest BCUT2D eigenvalue weighted by Gasteiger charge is -2.17. The highest BCUT2D eigenvalue weighted by atomic mass is 32.2. The third kappa shape index (κ3) is 4.15. The number of anilines is 1. The van der Waals surface area contributed by atoms with Gasteiger partial charge in [0.05, 0.1) is 5.75 Å². The van der Waals surface area contributed by atoms with Crippen molar-refractivity contribution in [3.05, 3.63) is 35.2 Å². The number of aromatic nitrogens is 3. The molecule has 1 heterocycles. The number of carbonyl (C=O) groups excluding carboxylic acids is 1. The second-order valence-corrected chi connectivity index (χ2v) is 7.14. The van der Waals surface area contributed by atoms with Crippen LogP contribution in [0.5, 0.6) is 0 Å². The third-order valence-corrected chi connectivity index (χ3v) is 4.76. The normalized spacial score (nSPS) is 11.6. The fourth-order valence-electron chi connectivity index (χ4n) is 2.34. The maximum Gasteiger partial charge on any atom is 0.234 e. The van der Waals surface area contributed by atoms with E-state index in [0.717, 1.165) is 16.8 Å². The van der Waals surface area contributed by atoms with Gasteiger partial charge in [-0.05, 0) is 51.8 Å². The Balaban J connectivity index is 2.05. The average Bonchev–Trinajstić information content (AvgIpc) is 2.93. The number of amides is 1. The largest absolute Gasteiger partial charge is 0.382 e. The van der Waals surface area contributed by atoms with Crippen LogP contribution in [-0.2, 0) is 16.9 Å². The Labute approximate surface area is 146 Å². The molecule has 0 unspecified atom stereocenters. The minimum Gasteiger partial charge on any atom is -0.382 e. The Hall–Kier alpha value is -1.86. The number of thioether (sulfide) groups is 1. The van der Waals surface area contributed by atoms with E-state index in [-0.39, 0.29) is 11.7 Å². The molecule has 0 aliphatic carbocycles. The van der Waals surface area contributed by atoms with Crippen LogP contribution in [0.4, 0.5) is 5.69 Å². The van der Waals surface area contributed by atoms with Gasteiger partial charge in [-0.3, -0.25) is 4.79 Å². The van der Waals surface area contributed by atoms with Crippen LogP contribution in [0.25, 0.3) is 0 Å². The summed E-state index contributed by atoms with van der Waals surface area (Å²) >= 11 is 1.31. The first-order valence-corrected chi connectivity index (χ1v) is 8.87. The molecule has 1 aromatic carbocycles. The van der Waals surface area contributed by atoms with Crippen LogP contribution in [0.1, 0.15) is 37.7 Å². The molecule has 1 amide bonds. The van der Waals surface area contributed by atoms with Gasteiger partial charge in [0.1, 0.15) is 5.60 Å². The van der Waals surface area contributed by atoms with E-state index in [1.165, 1.54) is 11.8 Å². The molecule has 0 fully saturated rings. The van der Waals surface area contributed by atoms with E-state index in [1.54, 1.807) is 13.8 Å². The van der Waals surface area contributed by atoms with Gasteiger partial charge in [-0.2, -0.15) is 0 Å². The molecule has 2 rings (SSSR count). The Kier molecular flexibility index (Phi) is 5.66. The summed E-state index contributed by atoms with van der Waals surface area (Å²) in [5.41, 5.74) is 1.97. The van der Waals surface area contributed by atoms with Crippen LogP contribution in [0.3, 0.4) is 0 Å². The molecule has 0 atom stereocenters. The standard InChI is InChI=1S/C17H24N4O2S/c1-6-21-15(17(4,5)23)19-20-16(21)24-10-14(22)18-13-9-7-8-11(2)12(13)3/h7-9,23H,6,10H2,1-5H3,(H,18,22). The third-order valence-electron chi connectivity index (χ3n) is 3.79. The van der Waals surface area contributed by atoms with E-state index >= 15 is 0 Å². The van der Waals surface area contributed by atoms with Crippen LogP contribution in [0, 0.1) is 13.8 Å². The molecular weight excluding hydrogens is 324 g/mol. The molecule has 2 aromatic rings. The molecule has 130 valence electrons. The van der Waals surface area contributed by atoms with Gasteiger partial charge in [-0.15, -0.1) is 10.2 Å². The van der Waals surface area contributed by atoms with Crippen LogP contribution in [-0.4, -0.2) is 31.5 Å². The maximum absolute atomic E-state index is 12.2. The van der Waals surface area contributed by atoms with Gasteiger partial charge in [-0.1, -0.05) is 23.9 Å². The van der Waals surface area contributed by atoms with Gasteiger partial charge < -0.3 is 15.0 Å². The number of carbonyl (C=O) groups is 1. The number of nitrogens with one attached hydrogen (secondary N) is 1. The van der Waals surface area contributed by atoms with Crippen molar-refractivity contribution in [3.63, 3.8) is 0 Å². The van der Waals surface area contributed by atoms with Crippen LogP contribution in [0.2, 0.25) is 0 Å². The summed E-state index contributed by atoms with van der Waals surface area (Å²) in [5, 5.41) is 21.8. The molecule has 0 saturated carbocycles. The highest BCUT2D eigenvalue weighted by Gasteiger charge is 2.25. The lowest BCUT2D eigenvalue weighted by Crippen LogP contribution is -2.22. The monoisotopic (exact) mass is 348 g/mol. The van der Waals surface area contributed by atoms with Crippen molar-refractivity contribution >= 4 is 23.4 Å². The van der Waals surface area contributed by atoms with Gasteiger partial charge >= 0.3 is 0 Å². The predicted octanol–water partition coefficient (Wildman–Crippen LogP) is 2.87. The first kappa shape index (κ1) is 18.5. The second-order valence-electron chi connectivity index (χ2n) is 6.19. The molecule has 0 spiro atoms. The van der Waals surface area contributed by atoms with E-state index in [2.05, 4.69) is 15.5 Å². The minimum absolute atomic E-state index is 0.0934. The number of aryl methyl sites for hydroxylation is 1. The lowest BCUT2D eigenvalue weighted by molar-refractivity contribution is -0.113. The Morgan fingerprint density at radius 3 is 2.67 bits per heavy atom. The summed E-state index contributed by atoms with van der Waals surface area (Å²) in [6.45, 7) is 9.94. The molecule has 6 nitrogen and oxygen atoms in total. The molecule has 24 heavy (non-hydrogen) atoms. The zero-order valence-corrected chi connectivity index (χ0v) is 15.6. The average molecular weight is 348 g/mol. The zero-order valence-electron chi connectivity index (χ0n) is 14.8. The number of rotatable bonds is 6. The Morgan fingerprint density at radius 2 is 2.04 bits per heavy atom. The van der Waals surface area contributed by atoms with E-state index in [1.807, 2.05) is 43.5 Å². The summed E-state index contributed by atoms with van der Waals surface area (Å²) in [7, 11) is 0. The van der Waals surface area contributed by atoms with E-state index in [9.17, 15) is 9.90 Å². The number of hydrogen-bond acceptors (Lipinski definition) is 5. The lowest BCUT2D eigenvalue weighted by atomic mass is 10.1. The summed E-state index contributed by atoms with van der Waals surface area (Å²) in [4.78, 5) is 12.2. The van der Waals surface area contributed by atoms with Gasteiger partial charge in [0, 0.05) is 12.2 Å². The van der Waals surface area contributed by atoms with Gasteiger partial charge in [0.25, 0.3) is 0 Å². The summed E-state index contributed by atoms with van der Waals surface area (Å²) in [5.74, 6) is 0.642. The molecule has 0 saturated heterocycles. The molecule has 2 N–H and O–H groups in total. The van der Waals surface area contributed by atoms with Crippen molar-refractivity contribution in [3.8, 4) is 0 Å². The van der Waals surface area contributed by atoms with Gasteiger partial charge in [0.2, 0.25) is 5.91 Å². The van der Waals surface area contributed by atoms with Crippen molar-refractivity contribution in [2.24, 2.45) is 0 Å². The molecule has 0 bridgehead atoms. The zero-order chi connectivity index (χ0) is 17.9. The van der Waals surface area contributed by atoms with E-state index < -0.39 is 5.60 Å². The second kappa shape index (κ2) is 7.36. The number of nitrogens with zero attached hydrogens (tertiary/aromatic N) is 3. The van der Waals surface area contributed by atoms with Crippen LogP contribution < -0.4 is 5.32 Å². The molecule has 0 radical (unpaired) electrons. The Bertz CT molecular complexity index is 735. The van der Waals surface area contributed by atoms with Gasteiger partial charge in [0.15, 0.2) is 11.0 Å². The number of benzene rings is 1. The number of hydrogen-bond donors (Lipinski definition) is 2. The Morgan fingerprint density at radius 1 is 1.33 bits per heavy atom. The van der Waals surface area contributed by atoms with E-state index in [4.69, 9.17) is 0 Å². The van der Waals surface area contributed by atoms with Gasteiger partial charge in [-0.25, -0.2) is 0 Å². The van der Waals surface area contributed by atoms with Crippen molar-refractivity contribution in [1.29, 1.82) is 0 Å². The molecular formula is C17H24N4O2S. The molecule has 7 heteroatoms. The fourth-order valence-corrected chi connectivity index (χ4v) is 3.14. The molecule has 0 aliphatic rings. The summed E-state index contributed by atoms with van der Waals surface area (Å²) in [6.07, 6.45) is 0. The maximum atomic E-state index is 12.2. The number of aliphatic hydroxyl groups is 1. The van der Waals surface area contributed by atoms with Crippen molar-refractivity contribution in [1.82, 2.24) is 14.8 Å². The molecule has 0 aliphatic heterocycles. The highest BCUT2D eigenvalue weighted by molar-refractivity contribution is 7.99. The SMILES string of the molecule is CCn1c(SCC(=O)Nc2cccc(C)c2C)nnc1C(C)(C)O. The minimum atomic E-state index is -1.07. The first-order valence-electron chi connectivity index (χ1n) is 7.89. The van der Waals surface area contributed by atoms with Crippen LogP contribution >= 0.6 is 11.8 Å². The topological polar surface area (TPSA) is 80.0 Å².